The van der Waals surface area contributed by atoms with Gasteiger partial charge in [0.05, 0.1) is 11.3 Å². The minimum Gasteiger partial charge on any atom is -0.444 e. The number of aromatic amines is 1. The second-order valence-corrected chi connectivity index (χ2v) is 7.83. The maximum absolute atomic E-state index is 12.4. The van der Waals surface area contributed by atoms with Crippen molar-refractivity contribution in [2.75, 3.05) is 25.4 Å². The van der Waals surface area contributed by atoms with Crippen LogP contribution in [0.4, 0.5) is 10.7 Å². The van der Waals surface area contributed by atoms with Crippen LogP contribution in [0.2, 0.25) is 0 Å². The van der Waals surface area contributed by atoms with Crippen molar-refractivity contribution < 1.29 is 9.53 Å². The molecule has 3 rings (SSSR count). The van der Waals surface area contributed by atoms with E-state index in [2.05, 4.69) is 14.9 Å². The summed E-state index contributed by atoms with van der Waals surface area (Å²) >= 11 is 0. The third kappa shape index (κ3) is 4.12. The number of H-pyrrole nitrogens is 1. The fourth-order valence-corrected chi connectivity index (χ4v) is 3.54. The van der Waals surface area contributed by atoms with Gasteiger partial charge < -0.3 is 15.4 Å². The van der Waals surface area contributed by atoms with Crippen LogP contribution in [0.1, 0.15) is 44.9 Å². The average Bonchev–Trinajstić information content (AvgIpc) is 2.94. The van der Waals surface area contributed by atoms with Gasteiger partial charge in [-0.3, -0.25) is 14.7 Å². The van der Waals surface area contributed by atoms with Gasteiger partial charge in [-0.25, -0.2) is 9.78 Å². The van der Waals surface area contributed by atoms with Gasteiger partial charge >= 0.3 is 6.09 Å². The van der Waals surface area contributed by atoms with Crippen LogP contribution in [0.3, 0.4) is 0 Å². The molecule has 0 aliphatic carbocycles. The largest absolute Gasteiger partial charge is 0.444 e. The number of ether oxygens (including phenoxy) is 1. The summed E-state index contributed by atoms with van der Waals surface area (Å²) in [5.41, 5.74) is 6.42. The lowest BCUT2D eigenvalue weighted by Gasteiger charge is -2.34. The number of rotatable bonds is 2. The van der Waals surface area contributed by atoms with E-state index >= 15 is 0 Å². The molecule has 8 heteroatoms. The molecule has 3 N–H and O–H groups in total. The van der Waals surface area contributed by atoms with E-state index in [4.69, 9.17) is 10.5 Å². The summed E-state index contributed by atoms with van der Waals surface area (Å²) in [6.07, 6.45) is 2.38. The number of hydrogen-bond donors (Lipinski definition) is 2. The van der Waals surface area contributed by atoms with Gasteiger partial charge in [0.25, 0.3) is 5.56 Å². The predicted octanol–water partition coefficient (Wildman–Crippen LogP) is 1.11. The van der Waals surface area contributed by atoms with Crippen molar-refractivity contribution in [2.24, 2.45) is 0 Å². The maximum Gasteiger partial charge on any atom is 0.410 e. The fraction of sp³-hybridized carbons (Fsp3) is 0.706. The first-order chi connectivity index (χ1) is 11.7. The minimum absolute atomic E-state index is 0.122. The lowest BCUT2D eigenvalue weighted by molar-refractivity contribution is 0.0192. The van der Waals surface area contributed by atoms with Crippen LogP contribution in [-0.4, -0.2) is 57.1 Å². The molecular weight excluding hydrogens is 322 g/mol. The molecule has 1 saturated heterocycles. The Labute approximate surface area is 147 Å². The number of carbonyl (C=O) groups excluding carboxylic acids is 1. The Morgan fingerprint density at radius 1 is 1.40 bits per heavy atom. The van der Waals surface area contributed by atoms with Gasteiger partial charge in [0, 0.05) is 38.6 Å². The van der Waals surface area contributed by atoms with E-state index < -0.39 is 5.60 Å². The number of aromatic nitrogens is 2. The fourth-order valence-electron chi connectivity index (χ4n) is 3.54. The molecule has 0 radical (unpaired) electrons. The molecule has 3 heterocycles. The quantitative estimate of drug-likeness (QED) is 0.829. The second kappa shape index (κ2) is 6.67. The summed E-state index contributed by atoms with van der Waals surface area (Å²) in [4.78, 5) is 35.4. The first kappa shape index (κ1) is 17.7. The lowest BCUT2D eigenvalue weighted by atomic mass is 10.1. The predicted molar refractivity (Wildman–Crippen MR) is 94.2 cm³/mol. The Morgan fingerprint density at radius 2 is 2.16 bits per heavy atom. The molecule has 8 nitrogen and oxygen atoms in total. The monoisotopic (exact) mass is 349 g/mol. The lowest BCUT2D eigenvalue weighted by Crippen LogP contribution is -2.47. The molecule has 0 aromatic carbocycles. The first-order valence-corrected chi connectivity index (χ1v) is 8.82. The smallest absolute Gasteiger partial charge is 0.410 e. The zero-order valence-corrected chi connectivity index (χ0v) is 15.2. The zero-order valence-electron chi connectivity index (χ0n) is 15.2. The molecular formula is C17H27N5O3. The van der Waals surface area contributed by atoms with Crippen LogP contribution < -0.4 is 11.3 Å². The van der Waals surface area contributed by atoms with Crippen LogP contribution in [0.15, 0.2) is 4.79 Å². The molecule has 0 spiro atoms. The molecule has 1 unspecified atom stereocenters. The summed E-state index contributed by atoms with van der Waals surface area (Å²) in [7, 11) is 0. The van der Waals surface area contributed by atoms with Crippen molar-refractivity contribution in [3.8, 4) is 0 Å². The third-order valence-electron chi connectivity index (χ3n) is 4.64. The SMILES string of the molecule is CC(C)(C)OC(=O)N1CCCC1CN1CCc2nc(N)[nH]c(=O)c2C1. The van der Waals surface area contributed by atoms with E-state index in [0.29, 0.717) is 18.5 Å². The minimum atomic E-state index is -0.493. The molecule has 25 heavy (non-hydrogen) atoms. The van der Waals surface area contributed by atoms with Crippen molar-refractivity contribution in [3.05, 3.63) is 21.6 Å². The molecule has 1 fully saturated rings. The van der Waals surface area contributed by atoms with E-state index in [9.17, 15) is 9.59 Å². The molecule has 1 amide bonds. The first-order valence-electron chi connectivity index (χ1n) is 8.82. The number of hydrogen-bond acceptors (Lipinski definition) is 6. The molecule has 0 saturated carbocycles. The normalized spacial score (nSPS) is 21.2. The number of nitrogens with two attached hydrogens (primary N) is 1. The number of carbonyl (C=O) groups is 1. The number of nitrogens with one attached hydrogen (secondary N) is 1. The van der Waals surface area contributed by atoms with Crippen molar-refractivity contribution in [3.63, 3.8) is 0 Å². The molecule has 1 atom stereocenters. The number of nitrogen functional groups attached to an aromatic ring is 1. The Hall–Kier alpha value is -2.09. The van der Waals surface area contributed by atoms with Crippen LogP contribution in [0.25, 0.3) is 0 Å². The zero-order chi connectivity index (χ0) is 18.2. The van der Waals surface area contributed by atoms with Crippen LogP contribution in [0, 0.1) is 0 Å². The summed E-state index contributed by atoms with van der Waals surface area (Å²) in [5, 5.41) is 0. The Bertz CT molecular complexity index is 709. The van der Waals surface area contributed by atoms with Gasteiger partial charge in [-0.15, -0.1) is 0 Å². The standard InChI is InChI=1S/C17H27N5O3/c1-17(2,3)25-16(24)22-7-4-5-11(22)9-21-8-6-13-12(10-21)14(23)20-15(18)19-13/h11H,4-10H2,1-3H3,(H3,18,19,20,23). The van der Waals surface area contributed by atoms with Gasteiger partial charge in [-0.2, -0.15) is 0 Å². The molecule has 2 aliphatic heterocycles. The van der Waals surface area contributed by atoms with Crippen molar-refractivity contribution >= 4 is 12.0 Å². The van der Waals surface area contributed by atoms with Crippen molar-refractivity contribution in [1.29, 1.82) is 0 Å². The summed E-state index contributed by atoms with van der Waals surface area (Å²) in [6, 6.07) is 0.122. The Balaban J connectivity index is 1.66. The van der Waals surface area contributed by atoms with E-state index in [1.165, 1.54) is 0 Å². The summed E-state index contributed by atoms with van der Waals surface area (Å²) < 4.78 is 5.52. The van der Waals surface area contributed by atoms with Crippen LogP contribution >= 0.6 is 0 Å². The van der Waals surface area contributed by atoms with Gasteiger partial charge in [0.2, 0.25) is 5.95 Å². The maximum atomic E-state index is 12.4. The van der Waals surface area contributed by atoms with Gasteiger partial charge in [0.15, 0.2) is 0 Å². The highest BCUT2D eigenvalue weighted by Crippen LogP contribution is 2.23. The van der Waals surface area contributed by atoms with Gasteiger partial charge in [-0.1, -0.05) is 0 Å². The van der Waals surface area contributed by atoms with Crippen molar-refractivity contribution in [1.82, 2.24) is 19.8 Å². The van der Waals surface area contributed by atoms with Crippen molar-refractivity contribution in [2.45, 2.75) is 58.2 Å². The second-order valence-electron chi connectivity index (χ2n) is 7.83. The van der Waals surface area contributed by atoms with Gasteiger partial charge in [-0.05, 0) is 33.6 Å². The van der Waals surface area contributed by atoms with Crippen LogP contribution in [0.5, 0.6) is 0 Å². The van der Waals surface area contributed by atoms with Crippen LogP contribution in [-0.2, 0) is 17.7 Å². The average molecular weight is 349 g/mol. The topological polar surface area (TPSA) is 105 Å². The molecule has 1 aromatic heterocycles. The molecule has 0 bridgehead atoms. The highest BCUT2D eigenvalue weighted by molar-refractivity contribution is 5.69. The number of amides is 1. The number of nitrogens with zero attached hydrogens (tertiary/aromatic N) is 3. The Kier molecular flexibility index (Phi) is 4.73. The van der Waals surface area contributed by atoms with E-state index in [0.717, 1.165) is 38.2 Å². The molecule has 2 aliphatic rings. The third-order valence-corrected chi connectivity index (χ3v) is 4.64. The van der Waals surface area contributed by atoms with E-state index in [-0.39, 0.29) is 23.6 Å². The molecule has 1 aromatic rings. The van der Waals surface area contributed by atoms with E-state index in [1.54, 1.807) is 0 Å². The summed E-state index contributed by atoms with van der Waals surface area (Å²) in [6.45, 7) is 8.44. The highest BCUT2D eigenvalue weighted by atomic mass is 16.6. The van der Waals surface area contributed by atoms with E-state index in [1.807, 2.05) is 25.7 Å². The summed E-state index contributed by atoms with van der Waals surface area (Å²) in [5.74, 6) is 0.170. The molecule has 138 valence electrons. The number of fused-ring (bicyclic) bond motifs is 1. The Morgan fingerprint density at radius 3 is 2.88 bits per heavy atom. The van der Waals surface area contributed by atoms with Gasteiger partial charge in [0.1, 0.15) is 5.60 Å². The number of likely N-dealkylation sites (tertiary alicyclic amines) is 1. The highest BCUT2D eigenvalue weighted by Gasteiger charge is 2.34. The number of anilines is 1.